The molecule has 222 valence electrons. The first kappa shape index (κ1) is 33.1. The summed E-state index contributed by atoms with van der Waals surface area (Å²) in [5.41, 5.74) is 7.84. The third-order valence-corrected chi connectivity index (χ3v) is 7.91. The van der Waals surface area contributed by atoms with Crippen molar-refractivity contribution < 1.29 is 0 Å². The summed E-state index contributed by atoms with van der Waals surface area (Å²) in [7, 11) is 0. The minimum absolute atomic E-state index is 1.20. The van der Waals surface area contributed by atoms with Crippen LogP contribution in [-0.4, -0.2) is 0 Å². The minimum Gasteiger partial charge on any atom is -0.0654 e. The van der Waals surface area contributed by atoms with Crippen molar-refractivity contribution >= 4 is 24.3 Å². The zero-order valence-corrected chi connectivity index (χ0v) is 26.4. The minimum atomic E-state index is 1.20. The number of aryl methyl sites for hydroxylation is 2. The molecule has 0 saturated heterocycles. The number of unbranched alkanes of at least 4 members (excludes halogenated alkanes) is 10. The van der Waals surface area contributed by atoms with Crippen LogP contribution in [-0.2, 0) is 12.8 Å². The Bertz CT molecular complexity index is 1100. The van der Waals surface area contributed by atoms with E-state index in [0.29, 0.717) is 0 Å². The Labute approximate surface area is 258 Å². The molecule has 0 aliphatic rings. The van der Waals surface area contributed by atoms with Crippen LogP contribution in [0.3, 0.4) is 0 Å². The van der Waals surface area contributed by atoms with Crippen LogP contribution < -0.4 is 0 Å². The molecule has 0 spiro atoms. The molecule has 0 bridgehead atoms. The molecule has 42 heavy (non-hydrogen) atoms. The molecule has 0 fully saturated rings. The maximum Gasteiger partial charge on any atom is -0.0256 e. The fraction of sp³-hybridized carbons (Fsp3) is 0.381. The average molecular weight is 559 g/mol. The lowest BCUT2D eigenvalue weighted by molar-refractivity contribution is 0.607. The molecule has 0 heteroatoms. The van der Waals surface area contributed by atoms with E-state index in [4.69, 9.17) is 0 Å². The van der Waals surface area contributed by atoms with Crippen molar-refractivity contribution in [2.75, 3.05) is 0 Å². The third kappa shape index (κ3) is 14.5. The first-order valence-corrected chi connectivity index (χ1v) is 16.7. The first-order chi connectivity index (χ1) is 20.8. The summed E-state index contributed by atoms with van der Waals surface area (Å²) in [5.74, 6) is 0. The lowest BCUT2D eigenvalue weighted by atomic mass is 10.0. The second-order valence-corrected chi connectivity index (χ2v) is 11.6. The van der Waals surface area contributed by atoms with Crippen molar-refractivity contribution in [3.05, 3.63) is 130 Å². The molecule has 3 aromatic rings. The van der Waals surface area contributed by atoms with Gasteiger partial charge in [-0.15, -0.1) is 0 Å². The largest absolute Gasteiger partial charge is 0.0654 e. The van der Waals surface area contributed by atoms with E-state index in [-0.39, 0.29) is 0 Å². The number of allylic oxidation sites excluding steroid dienone is 4. The van der Waals surface area contributed by atoms with Crippen molar-refractivity contribution in [3.8, 4) is 0 Å². The zero-order valence-electron chi connectivity index (χ0n) is 26.4. The van der Waals surface area contributed by atoms with Gasteiger partial charge < -0.3 is 0 Å². The molecule has 0 heterocycles. The van der Waals surface area contributed by atoms with Gasteiger partial charge in [0.25, 0.3) is 0 Å². The van der Waals surface area contributed by atoms with E-state index < -0.39 is 0 Å². The van der Waals surface area contributed by atoms with E-state index >= 15 is 0 Å². The van der Waals surface area contributed by atoms with E-state index in [9.17, 15) is 0 Å². The molecular weight excluding hydrogens is 504 g/mol. The predicted octanol–water partition coefficient (Wildman–Crippen LogP) is 12.9. The topological polar surface area (TPSA) is 0 Å². The van der Waals surface area contributed by atoms with Gasteiger partial charge in [-0.2, -0.15) is 0 Å². The summed E-state index contributed by atoms with van der Waals surface area (Å²) in [5, 5.41) is 0. The first-order valence-electron chi connectivity index (χ1n) is 16.7. The molecule has 0 saturated carbocycles. The fourth-order valence-electron chi connectivity index (χ4n) is 5.19. The summed E-state index contributed by atoms with van der Waals surface area (Å²) in [6, 6.07) is 26.8. The van der Waals surface area contributed by atoms with Gasteiger partial charge in [0.05, 0.1) is 0 Å². The van der Waals surface area contributed by atoms with Crippen LogP contribution in [0.2, 0.25) is 0 Å². The molecule has 0 atom stereocenters. The van der Waals surface area contributed by atoms with E-state index in [1.54, 1.807) is 0 Å². The molecule has 0 radical (unpaired) electrons. The fourth-order valence-corrected chi connectivity index (χ4v) is 5.19. The van der Waals surface area contributed by atoms with Gasteiger partial charge in [0.15, 0.2) is 0 Å². The van der Waals surface area contributed by atoms with Gasteiger partial charge in [0.2, 0.25) is 0 Å². The quantitative estimate of drug-likeness (QED) is 0.0955. The van der Waals surface area contributed by atoms with Gasteiger partial charge in [-0.25, -0.2) is 0 Å². The van der Waals surface area contributed by atoms with Gasteiger partial charge in [-0.05, 0) is 59.1 Å². The molecule has 0 N–H and O–H groups in total. The van der Waals surface area contributed by atoms with Crippen LogP contribution >= 0.6 is 0 Å². The van der Waals surface area contributed by atoms with Crippen LogP contribution in [0.1, 0.15) is 124 Å². The van der Waals surface area contributed by atoms with Gasteiger partial charge in [-0.1, -0.05) is 199 Å². The number of benzene rings is 3. The number of rotatable bonds is 20. The summed E-state index contributed by atoms with van der Waals surface area (Å²) >= 11 is 0. The lowest BCUT2D eigenvalue weighted by Gasteiger charge is -2.02. The Hall–Kier alpha value is -3.38. The monoisotopic (exact) mass is 558 g/mol. The number of hydrogen-bond donors (Lipinski definition) is 0. The van der Waals surface area contributed by atoms with Crippen molar-refractivity contribution in [1.29, 1.82) is 0 Å². The Morgan fingerprint density at radius 1 is 0.333 bits per heavy atom. The molecular formula is C42H54. The Morgan fingerprint density at radius 2 is 0.595 bits per heavy atom. The Kier molecular flexibility index (Phi) is 16.8. The highest BCUT2D eigenvalue weighted by Crippen LogP contribution is 2.14. The van der Waals surface area contributed by atoms with E-state index in [1.807, 2.05) is 0 Å². The number of hydrogen-bond acceptors (Lipinski definition) is 0. The highest BCUT2D eigenvalue weighted by Gasteiger charge is 1.96. The third-order valence-electron chi connectivity index (χ3n) is 7.91. The highest BCUT2D eigenvalue weighted by molar-refractivity contribution is 5.61. The van der Waals surface area contributed by atoms with Crippen LogP contribution in [0.5, 0.6) is 0 Å². The van der Waals surface area contributed by atoms with Crippen LogP contribution in [0, 0.1) is 0 Å². The average Bonchev–Trinajstić information content (AvgIpc) is 3.03. The maximum absolute atomic E-state index is 2.28. The molecule has 0 unspecified atom stereocenters. The Balaban J connectivity index is 1.35. The van der Waals surface area contributed by atoms with Crippen molar-refractivity contribution in [2.45, 2.75) is 104 Å². The molecule has 0 amide bonds. The van der Waals surface area contributed by atoms with E-state index in [2.05, 4.69) is 135 Å². The molecule has 0 aliphatic heterocycles. The van der Waals surface area contributed by atoms with Gasteiger partial charge in [-0.3, -0.25) is 0 Å². The molecule has 3 rings (SSSR count). The predicted molar refractivity (Wildman–Crippen MR) is 190 cm³/mol. The van der Waals surface area contributed by atoms with Gasteiger partial charge in [0.1, 0.15) is 0 Å². The van der Waals surface area contributed by atoms with E-state index in [1.165, 1.54) is 123 Å². The highest BCUT2D eigenvalue weighted by atomic mass is 14.0. The summed E-state index contributed by atoms with van der Waals surface area (Å²) in [4.78, 5) is 0. The second-order valence-electron chi connectivity index (χ2n) is 11.6. The van der Waals surface area contributed by atoms with Crippen LogP contribution in [0.25, 0.3) is 24.3 Å². The van der Waals surface area contributed by atoms with Gasteiger partial charge >= 0.3 is 0 Å². The van der Waals surface area contributed by atoms with Crippen LogP contribution in [0.15, 0.2) is 97.1 Å². The van der Waals surface area contributed by atoms with Crippen molar-refractivity contribution in [2.24, 2.45) is 0 Å². The van der Waals surface area contributed by atoms with E-state index in [0.717, 1.165) is 0 Å². The summed E-state index contributed by atoms with van der Waals surface area (Å²) < 4.78 is 0. The van der Waals surface area contributed by atoms with Crippen LogP contribution in [0.4, 0.5) is 0 Å². The second kappa shape index (κ2) is 21.3. The smallest absolute Gasteiger partial charge is 0.0256 e. The zero-order chi connectivity index (χ0) is 29.5. The summed E-state index contributed by atoms with van der Waals surface area (Å²) in [6.45, 7) is 4.55. The standard InChI is InChI=1S/C42H54/c1-3-5-7-9-11-13-19-37-25-29-39(30-26-37)21-15-17-23-41-33-35-42(36-34-41)24-18-16-22-40-31-27-38(28-32-40)20-14-12-10-8-6-4-2/h15-18,21-36H,3-14,19-20H2,1-2H3. The molecule has 0 aromatic heterocycles. The van der Waals surface area contributed by atoms with Crippen molar-refractivity contribution in [1.82, 2.24) is 0 Å². The summed E-state index contributed by atoms with van der Waals surface area (Å²) in [6.07, 6.45) is 35.8. The molecule has 3 aromatic carbocycles. The van der Waals surface area contributed by atoms with Gasteiger partial charge in [0, 0.05) is 0 Å². The Morgan fingerprint density at radius 3 is 0.905 bits per heavy atom. The normalized spacial score (nSPS) is 12.0. The molecule has 0 nitrogen and oxygen atoms in total. The lowest BCUT2D eigenvalue weighted by Crippen LogP contribution is -1.86. The maximum atomic E-state index is 2.28. The SMILES string of the molecule is CCCCCCCCc1ccc(C=CC=Cc2ccc(C=CC=Cc3ccc(CCCCCCCC)cc3)cc2)cc1. The molecule has 0 aliphatic carbocycles. The van der Waals surface area contributed by atoms with Crippen molar-refractivity contribution in [3.63, 3.8) is 0 Å².